The predicted molar refractivity (Wildman–Crippen MR) is 128 cm³/mol. The van der Waals surface area contributed by atoms with Crippen molar-refractivity contribution in [2.45, 2.75) is 11.4 Å². The fourth-order valence-corrected chi connectivity index (χ4v) is 5.14. The molecule has 0 unspecified atom stereocenters. The number of hydrogen-bond acceptors (Lipinski definition) is 5. The lowest BCUT2D eigenvalue weighted by Gasteiger charge is -2.06. The number of sulfone groups is 1. The van der Waals surface area contributed by atoms with Crippen LogP contribution in [-0.2, 0) is 16.4 Å². The summed E-state index contributed by atoms with van der Waals surface area (Å²) in [6.45, 7) is 0.469. The number of rotatable bonds is 6. The maximum absolute atomic E-state index is 13.2. The molecule has 0 fully saturated rings. The third-order valence-electron chi connectivity index (χ3n) is 4.78. The Balaban J connectivity index is 1.84. The van der Waals surface area contributed by atoms with Crippen molar-refractivity contribution in [2.75, 3.05) is 0 Å². The molecule has 0 aliphatic rings. The lowest BCUT2D eigenvalue weighted by molar-refractivity contribution is 0.603. The first-order chi connectivity index (χ1) is 15.9. The molecule has 0 atom stereocenters. The van der Waals surface area contributed by atoms with Crippen molar-refractivity contribution in [3.8, 4) is 17.3 Å². The Morgan fingerprint density at radius 2 is 1.88 bits per heavy atom. The van der Waals surface area contributed by atoms with Gasteiger partial charge in [0.15, 0.2) is 0 Å². The van der Waals surface area contributed by atoms with E-state index in [1.807, 2.05) is 36.4 Å². The zero-order valence-corrected chi connectivity index (χ0v) is 19.4. The van der Waals surface area contributed by atoms with Crippen LogP contribution in [0.15, 0.2) is 89.1 Å². The van der Waals surface area contributed by atoms with Gasteiger partial charge in [0, 0.05) is 34.7 Å². The highest BCUT2D eigenvalue weighted by Gasteiger charge is 2.25. The third-order valence-corrected chi connectivity index (χ3v) is 7.16. The van der Waals surface area contributed by atoms with Gasteiger partial charge in [0.1, 0.15) is 16.7 Å². The molecule has 6 nitrogen and oxygen atoms in total. The minimum absolute atomic E-state index is 0.0206. The molecule has 0 saturated heterocycles. The molecule has 0 aliphatic heterocycles. The number of nitrogens with zero attached hydrogens (tertiary/aromatic N) is 4. The van der Waals surface area contributed by atoms with Gasteiger partial charge in [-0.05, 0) is 42.0 Å². The molecule has 0 bridgehead atoms. The summed E-state index contributed by atoms with van der Waals surface area (Å²) in [6, 6.07) is 19.2. The SMILES string of the molecule is N#C/C(=C\c1cn(Cc2ccccc2)nc1-c1cccnc1)S(=O)(=O)c1cc(Cl)ccc1Cl. The van der Waals surface area contributed by atoms with Crippen LogP contribution in [0.25, 0.3) is 17.3 Å². The number of nitriles is 1. The van der Waals surface area contributed by atoms with Gasteiger partial charge in [0.25, 0.3) is 0 Å². The number of allylic oxidation sites excluding steroid dienone is 1. The molecule has 164 valence electrons. The molecule has 2 aromatic carbocycles. The van der Waals surface area contributed by atoms with E-state index in [-0.39, 0.29) is 14.9 Å². The van der Waals surface area contributed by atoms with Gasteiger partial charge < -0.3 is 0 Å². The van der Waals surface area contributed by atoms with E-state index in [2.05, 4.69) is 10.1 Å². The fraction of sp³-hybridized carbons (Fsp3) is 0.0417. The third kappa shape index (κ3) is 4.99. The Bertz CT molecular complexity index is 1480. The second kappa shape index (κ2) is 9.59. The van der Waals surface area contributed by atoms with Crippen LogP contribution in [0.4, 0.5) is 0 Å². The lowest BCUT2D eigenvalue weighted by Crippen LogP contribution is -2.04. The summed E-state index contributed by atoms with van der Waals surface area (Å²) in [7, 11) is -4.22. The van der Waals surface area contributed by atoms with Gasteiger partial charge >= 0.3 is 0 Å². The first-order valence-electron chi connectivity index (χ1n) is 9.72. The van der Waals surface area contributed by atoms with Crippen LogP contribution in [0, 0.1) is 11.3 Å². The van der Waals surface area contributed by atoms with E-state index < -0.39 is 14.7 Å². The molecule has 0 radical (unpaired) electrons. The number of pyridine rings is 1. The van der Waals surface area contributed by atoms with Crippen molar-refractivity contribution in [3.05, 3.63) is 105 Å². The van der Waals surface area contributed by atoms with Gasteiger partial charge in [-0.1, -0.05) is 53.5 Å². The maximum atomic E-state index is 13.2. The Hall–Kier alpha value is -3.44. The molecule has 33 heavy (non-hydrogen) atoms. The Labute approximate surface area is 201 Å². The molecule has 0 spiro atoms. The van der Waals surface area contributed by atoms with E-state index in [1.54, 1.807) is 35.4 Å². The molecule has 0 amide bonds. The highest BCUT2D eigenvalue weighted by atomic mass is 35.5. The van der Waals surface area contributed by atoms with Crippen LogP contribution in [-0.4, -0.2) is 23.2 Å². The van der Waals surface area contributed by atoms with Gasteiger partial charge in [0.05, 0.1) is 16.5 Å². The van der Waals surface area contributed by atoms with Crippen LogP contribution >= 0.6 is 23.2 Å². The summed E-state index contributed by atoms with van der Waals surface area (Å²) >= 11 is 12.1. The van der Waals surface area contributed by atoms with Crippen molar-refractivity contribution in [1.82, 2.24) is 14.8 Å². The van der Waals surface area contributed by atoms with Gasteiger partial charge in [-0.25, -0.2) is 8.42 Å². The standard InChI is InChI=1S/C24H16Cl2N4O2S/c25-20-8-9-22(26)23(12-20)33(31,32)21(13-27)11-19-16-30(15-17-5-2-1-3-6-17)29-24(19)18-7-4-10-28-14-18/h1-12,14,16H,15H2/b21-11+. The van der Waals surface area contributed by atoms with E-state index in [4.69, 9.17) is 23.2 Å². The van der Waals surface area contributed by atoms with Crippen LogP contribution in [0.5, 0.6) is 0 Å². The number of hydrogen-bond donors (Lipinski definition) is 0. The molecule has 0 N–H and O–H groups in total. The number of halogens is 2. The number of aromatic nitrogens is 3. The molecule has 4 aromatic rings. The Morgan fingerprint density at radius 3 is 2.58 bits per heavy atom. The zero-order valence-electron chi connectivity index (χ0n) is 17.1. The predicted octanol–water partition coefficient (Wildman–Crippen LogP) is 5.64. The highest BCUT2D eigenvalue weighted by Crippen LogP contribution is 2.31. The first kappa shape index (κ1) is 22.7. The highest BCUT2D eigenvalue weighted by molar-refractivity contribution is 7.95. The van der Waals surface area contributed by atoms with E-state index >= 15 is 0 Å². The summed E-state index contributed by atoms with van der Waals surface area (Å²) in [4.78, 5) is 3.42. The molecular weight excluding hydrogens is 479 g/mol. The second-order valence-corrected chi connectivity index (χ2v) is 9.79. The first-order valence-corrected chi connectivity index (χ1v) is 12.0. The van der Waals surface area contributed by atoms with Crippen molar-refractivity contribution in [3.63, 3.8) is 0 Å². The smallest absolute Gasteiger partial charge is 0.218 e. The van der Waals surface area contributed by atoms with Crippen LogP contribution in [0.3, 0.4) is 0 Å². The minimum atomic E-state index is -4.22. The average Bonchev–Trinajstić information content (AvgIpc) is 3.22. The summed E-state index contributed by atoms with van der Waals surface area (Å²) < 4.78 is 28.1. The normalized spacial score (nSPS) is 11.8. The monoisotopic (exact) mass is 494 g/mol. The molecule has 0 aliphatic carbocycles. The Kier molecular flexibility index (Phi) is 6.61. The van der Waals surface area contributed by atoms with Gasteiger partial charge in [-0.2, -0.15) is 10.4 Å². The van der Waals surface area contributed by atoms with Crippen LogP contribution in [0.1, 0.15) is 11.1 Å². The van der Waals surface area contributed by atoms with Gasteiger partial charge in [-0.3, -0.25) is 9.67 Å². The van der Waals surface area contributed by atoms with Crippen molar-refractivity contribution >= 4 is 39.1 Å². The zero-order chi connectivity index (χ0) is 23.4. The molecular formula is C24H16Cl2N4O2S. The quantitative estimate of drug-likeness (QED) is 0.323. The summed E-state index contributed by atoms with van der Waals surface area (Å²) in [6.07, 6.45) is 6.25. The average molecular weight is 495 g/mol. The summed E-state index contributed by atoms with van der Waals surface area (Å²) in [5.74, 6) is 0. The molecule has 9 heteroatoms. The largest absolute Gasteiger partial charge is 0.267 e. The van der Waals surface area contributed by atoms with Crippen molar-refractivity contribution in [2.24, 2.45) is 0 Å². The topological polar surface area (TPSA) is 88.6 Å². The molecule has 2 heterocycles. The van der Waals surface area contributed by atoms with Gasteiger partial charge in [-0.15, -0.1) is 0 Å². The second-order valence-electron chi connectivity index (χ2n) is 7.06. The van der Waals surface area contributed by atoms with Gasteiger partial charge in [0.2, 0.25) is 9.84 Å². The van der Waals surface area contributed by atoms with Crippen LogP contribution < -0.4 is 0 Å². The van der Waals surface area contributed by atoms with E-state index in [0.29, 0.717) is 23.4 Å². The maximum Gasteiger partial charge on any atom is 0.218 e. The van der Waals surface area contributed by atoms with Crippen LogP contribution in [0.2, 0.25) is 10.0 Å². The van der Waals surface area contributed by atoms with E-state index in [0.717, 1.165) is 5.56 Å². The molecule has 4 rings (SSSR count). The lowest BCUT2D eigenvalue weighted by atomic mass is 10.1. The van der Waals surface area contributed by atoms with E-state index in [1.165, 1.54) is 24.3 Å². The minimum Gasteiger partial charge on any atom is -0.267 e. The van der Waals surface area contributed by atoms with Crippen molar-refractivity contribution < 1.29 is 8.42 Å². The van der Waals surface area contributed by atoms with Crippen molar-refractivity contribution in [1.29, 1.82) is 5.26 Å². The summed E-state index contributed by atoms with van der Waals surface area (Å²) in [5.41, 5.74) is 2.66. The molecule has 2 aromatic heterocycles. The summed E-state index contributed by atoms with van der Waals surface area (Å²) in [5, 5.41) is 14.5. The number of benzene rings is 2. The van der Waals surface area contributed by atoms with E-state index in [9.17, 15) is 13.7 Å². The fourth-order valence-electron chi connectivity index (χ4n) is 3.23. The molecule has 0 saturated carbocycles. The Morgan fingerprint density at radius 1 is 1.09 bits per heavy atom.